The first kappa shape index (κ1) is 16.3. The van der Waals surface area contributed by atoms with Crippen molar-refractivity contribution in [2.75, 3.05) is 27.2 Å². The van der Waals surface area contributed by atoms with E-state index in [1.54, 1.807) is 0 Å². The molecule has 0 saturated heterocycles. The summed E-state index contributed by atoms with van der Waals surface area (Å²) in [4.78, 5) is 20.6. The standard InChI is InChI=1S/C13H23N3OS2/c1-6-16(9(2)8-15(4)5)12(17)7-11-10(3)14-13(18)19-11/h9H,6-8H2,1-5H3,(H,14,18). The minimum absolute atomic E-state index is 0.171. The highest BCUT2D eigenvalue weighted by atomic mass is 32.1. The second-order valence-electron chi connectivity index (χ2n) is 5.03. The quantitative estimate of drug-likeness (QED) is 0.820. The van der Waals surface area contributed by atoms with Crippen LogP contribution in [-0.2, 0) is 11.2 Å². The van der Waals surface area contributed by atoms with Gasteiger partial charge in [-0.15, -0.1) is 11.3 Å². The molecule has 1 aromatic rings. The van der Waals surface area contributed by atoms with E-state index in [0.717, 1.165) is 27.6 Å². The van der Waals surface area contributed by atoms with Gasteiger partial charge >= 0.3 is 0 Å². The highest BCUT2D eigenvalue weighted by Crippen LogP contribution is 2.16. The second kappa shape index (κ2) is 7.17. The van der Waals surface area contributed by atoms with Crippen LogP contribution in [0.4, 0.5) is 0 Å². The Kier molecular flexibility index (Phi) is 6.16. The van der Waals surface area contributed by atoms with Crippen molar-refractivity contribution < 1.29 is 4.79 Å². The van der Waals surface area contributed by atoms with Crippen LogP contribution in [0.25, 0.3) is 0 Å². The van der Waals surface area contributed by atoms with E-state index in [1.807, 2.05) is 32.8 Å². The number of aryl methyl sites for hydroxylation is 1. The van der Waals surface area contributed by atoms with Crippen molar-refractivity contribution in [1.29, 1.82) is 0 Å². The third-order valence-corrected chi connectivity index (χ3v) is 4.39. The minimum Gasteiger partial charge on any atom is -0.341 e. The van der Waals surface area contributed by atoms with Gasteiger partial charge in [0.25, 0.3) is 0 Å². The molecule has 0 fully saturated rings. The molecule has 4 nitrogen and oxygen atoms in total. The van der Waals surface area contributed by atoms with Gasteiger partial charge in [0.1, 0.15) is 0 Å². The van der Waals surface area contributed by atoms with Crippen LogP contribution in [0.5, 0.6) is 0 Å². The van der Waals surface area contributed by atoms with E-state index in [9.17, 15) is 4.79 Å². The van der Waals surface area contributed by atoms with Gasteiger partial charge in [0.15, 0.2) is 3.95 Å². The molecule has 0 aliphatic carbocycles. The summed E-state index contributed by atoms with van der Waals surface area (Å²) in [7, 11) is 4.05. The molecule has 1 heterocycles. The topological polar surface area (TPSA) is 39.3 Å². The lowest BCUT2D eigenvalue weighted by Crippen LogP contribution is -2.44. The Morgan fingerprint density at radius 1 is 1.47 bits per heavy atom. The average molecular weight is 301 g/mol. The van der Waals surface area contributed by atoms with E-state index in [4.69, 9.17) is 12.2 Å². The molecule has 1 unspecified atom stereocenters. The van der Waals surface area contributed by atoms with Gasteiger partial charge in [-0.05, 0) is 47.1 Å². The van der Waals surface area contributed by atoms with E-state index >= 15 is 0 Å². The summed E-state index contributed by atoms with van der Waals surface area (Å²) < 4.78 is 0.740. The lowest BCUT2D eigenvalue weighted by molar-refractivity contribution is -0.132. The molecule has 1 atom stereocenters. The third kappa shape index (κ3) is 4.71. The second-order valence-corrected chi connectivity index (χ2v) is 6.80. The Morgan fingerprint density at radius 2 is 2.11 bits per heavy atom. The Balaban J connectivity index is 2.74. The highest BCUT2D eigenvalue weighted by Gasteiger charge is 2.20. The monoisotopic (exact) mass is 301 g/mol. The summed E-state index contributed by atoms with van der Waals surface area (Å²) in [5.74, 6) is 0.171. The first-order valence-corrected chi connectivity index (χ1v) is 7.70. The van der Waals surface area contributed by atoms with Gasteiger partial charge in [-0.2, -0.15) is 0 Å². The SMILES string of the molecule is CCN(C(=O)Cc1sc(=S)[nH]c1C)C(C)CN(C)C. The number of amides is 1. The summed E-state index contributed by atoms with van der Waals surface area (Å²) in [5, 5.41) is 0. The molecular formula is C13H23N3OS2. The van der Waals surface area contributed by atoms with Crippen molar-refractivity contribution in [2.24, 2.45) is 0 Å². The molecule has 1 rings (SSSR count). The van der Waals surface area contributed by atoms with Gasteiger partial charge in [-0.25, -0.2) is 0 Å². The molecule has 0 aromatic carbocycles. The fourth-order valence-electron chi connectivity index (χ4n) is 2.21. The summed E-state index contributed by atoms with van der Waals surface area (Å²) in [6, 6.07) is 0.222. The van der Waals surface area contributed by atoms with Gasteiger partial charge in [-0.3, -0.25) is 4.79 Å². The number of carbonyl (C=O) groups is 1. The molecule has 6 heteroatoms. The Labute approximate surface area is 124 Å². The number of nitrogens with zero attached hydrogens (tertiary/aromatic N) is 2. The van der Waals surface area contributed by atoms with Gasteiger partial charge in [0.2, 0.25) is 5.91 Å². The van der Waals surface area contributed by atoms with Crippen LogP contribution in [0.3, 0.4) is 0 Å². The first-order chi connectivity index (χ1) is 8.85. The smallest absolute Gasteiger partial charge is 0.228 e. The molecule has 1 amide bonds. The van der Waals surface area contributed by atoms with Crippen LogP contribution in [0, 0.1) is 10.9 Å². The number of nitrogens with one attached hydrogen (secondary N) is 1. The molecule has 0 spiro atoms. The summed E-state index contributed by atoms with van der Waals surface area (Å²) in [6.45, 7) is 7.70. The van der Waals surface area contributed by atoms with E-state index in [2.05, 4.69) is 16.8 Å². The van der Waals surface area contributed by atoms with Crippen LogP contribution in [-0.4, -0.2) is 53.9 Å². The van der Waals surface area contributed by atoms with Gasteiger partial charge in [0, 0.05) is 29.7 Å². The number of hydrogen-bond donors (Lipinski definition) is 1. The van der Waals surface area contributed by atoms with Crippen molar-refractivity contribution in [2.45, 2.75) is 33.2 Å². The highest BCUT2D eigenvalue weighted by molar-refractivity contribution is 7.73. The van der Waals surface area contributed by atoms with Crippen molar-refractivity contribution in [3.8, 4) is 0 Å². The predicted molar refractivity (Wildman–Crippen MR) is 83.3 cm³/mol. The molecule has 0 bridgehead atoms. The zero-order valence-corrected chi connectivity index (χ0v) is 14.0. The lowest BCUT2D eigenvalue weighted by Gasteiger charge is -2.30. The molecule has 1 N–H and O–H groups in total. The fraction of sp³-hybridized carbons (Fsp3) is 0.692. The lowest BCUT2D eigenvalue weighted by atomic mass is 10.2. The number of aromatic nitrogens is 1. The predicted octanol–water partition coefficient (Wildman–Crippen LogP) is 2.46. The number of thiazole rings is 1. The Hall–Kier alpha value is -0.720. The average Bonchev–Trinajstić information content (AvgIpc) is 2.57. The number of hydrogen-bond acceptors (Lipinski definition) is 4. The Morgan fingerprint density at radius 3 is 2.53 bits per heavy atom. The number of aromatic amines is 1. The van der Waals surface area contributed by atoms with Crippen molar-refractivity contribution in [3.05, 3.63) is 14.5 Å². The molecular weight excluding hydrogens is 278 g/mol. The maximum atomic E-state index is 12.4. The van der Waals surface area contributed by atoms with Crippen molar-refractivity contribution in [1.82, 2.24) is 14.8 Å². The van der Waals surface area contributed by atoms with Gasteiger partial charge in [0.05, 0.1) is 6.42 Å². The summed E-state index contributed by atoms with van der Waals surface area (Å²) in [6.07, 6.45) is 0.440. The number of H-pyrrole nitrogens is 1. The molecule has 108 valence electrons. The Bertz CT molecular complexity index is 478. The molecule has 1 aromatic heterocycles. The zero-order chi connectivity index (χ0) is 14.6. The zero-order valence-electron chi connectivity index (χ0n) is 12.3. The maximum absolute atomic E-state index is 12.4. The number of rotatable bonds is 6. The third-order valence-electron chi connectivity index (χ3n) is 3.06. The van der Waals surface area contributed by atoms with Crippen LogP contribution >= 0.6 is 23.6 Å². The summed E-state index contributed by atoms with van der Waals surface area (Å²) in [5.41, 5.74) is 1.01. The minimum atomic E-state index is 0.171. The van der Waals surface area contributed by atoms with Crippen molar-refractivity contribution in [3.63, 3.8) is 0 Å². The van der Waals surface area contributed by atoms with E-state index < -0.39 is 0 Å². The van der Waals surface area contributed by atoms with Crippen molar-refractivity contribution >= 4 is 29.5 Å². The van der Waals surface area contributed by atoms with E-state index in [0.29, 0.717) is 6.42 Å². The number of likely N-dealkylation sites (N-methyl/N-ethyl adjacent to an activating group) is 2. The van der Waals surface area contributed by atoms with Crippen LogP contribution in [0.2, 0.25) is 0 Å². The van der Waals surface area contributed by atoms with Gasteiger partial charge in [-0.1, -0.05) is 0 Å². The van der Waals surface area contributed by atoms with Crippen LogP contribution in [0.1, 0.15) is 24.4 Å². The fourth-order valence-corrected chi connectivity index (χ4v) is 3.49. The molecule has 19 heavy (non-hydrogen) atoms. The molecule has 0 aliphatic rings. The normalized spacial score (nSPS) is 12.7. The van der Waals surface area contributed by atoms with Gasteiger partial charge < -0.3 is 14.8 Å². The largest absolute Gasteiger partial charge is 0.341 e. The molecule has 0 radical (unpaired) electrons. The number of carbonyl (C=O) groups excluding carboxylic acids is 1. The molecule has 0 aliphatic heterocycles. The first-order valence-electron chi connectivity index (χ1n) is 6.47. The maximum Gasteiger partial charge on any atom is 0.228 e. The van der Waals surface area contributed by atoms with E-state index in [-0.39, 0.29) is 11.9 Å². The van der Waals surface area contributed by atoms with Crippen LogP contribution < -0.4 is 0 Å². The summed E-state index contributed by atoms with van der Waals surface area (Å²) >= 11 is 6.60. The van der Waals surface area contributed by atoms with E-state index in [1.165, 1.54) is 11.3 Å². The molecule has 0 saturated carbocycles. The van der Waals surface area contributed by atoms with Crippen LogP contribution in [0.15, 0.2) is 0 Å².